The number of aliphatic hydroxyl groups is 1. The van der Waals surface area contributed by atoms with E-state index in [2.05, 4.69) is 192 Å². The van der Waals surface area contributed by atoms with Crippen LogP contribution in [0.1, 0.15) is 272 Å². The lowest BCUT2D eigenvalue weighted by Crippen LogP contribution is -2.30. The van der Waals surface area contributed by atoms with E-state index in [1.54, 1.807) is 0 Å². The van der Waals surface area contributed by atoms with Crippen LogP contribution in [-0.2, 0) is 65.4 Å². The summed E-state index contributed by atoms with van der Waals surface area (Å²) >= 11 is 0. The Kier molecular flexibility index (Phi) is 75.6. The Morgan fingerprint density at radius 3 is 0.745 bits per heavy atom. The van der Waals surface area contributed by atoms with Crippen molar-refractivity contribution >= 4 is 39.5 Å². The zero-order valence-electron chi connectivity index (χ0n) is 67.6. The molecule has 3 N–H and O–H groups in total. The predicted molar refractivity (Wildman–Crippen MR) is 454 cm³/mol. The second-order valence-corrected chi connectivity index (χ2v) is 29.2. The third-order valence-electron chi connectivity index (χ3n) is 15.9. The standard InChI is InChI=1S/C91H142O17P2/c1-5-9-13-17-21-25-29-33-37-41-42-46-48-52-56-60-64-68-72-76-89(94)102-82-87(108-91(96)78-74-70-66-62-58-54-50-45-40-36-32-28-24-20-16-12-8-4)84-106-110(99,100)104-80-85(92)79-103-109(97,98)105-83-86(107-90(95)77-73-69-65-61-57-53-49-44-39-35-31-27-23-19-15-11-7-3)81-101-88(93)75-71-67-63-59-55-51-47-43-38-34-30-26-22-18-14-10-6-2/h9,13,21-28,33-40,42,46-47,49-54,56,59,61-66,68,85-87,92H,5-8,10-12,14-20,29-32,41,43-45,48,55,57-58,60,67,69-84H2,1-4H3,(H,97,98)(H,99,100)/b13-9-,25-21-,26-22-,27-23-,28-24-,37-33-,38-34-,39-35-,40-36-,46-42-,51-47-,53-49-,54-50-,56-52-,63-59-,65-61-,66-62-,68-64-/t85-,86+,87+/m0/s1. The average Bonchev–Trinajstić information content (AvgIpc) is 0.906. The molecular weight excluding hydrogens is 1430 g/mol. The molecule has 0 aliphatic rings. The highest BCUT2D eigenvalue weighted by Crippen LogP contribution is 2.45. The molecule has 110 heavy (non-hydrogen) atoms. The molecule has 0 spiro atoms. The number of hydrogen-bond acceptors (Lipinski definition) is 15. The number of carbonyl (C=O) groups is 4. The van der Waals surface area contributed by atoms with Crippen molar-refractivity contribution in [2.45, 2.75) is 290 Å². The Labute approximate surface area is 664 Å². The van der Waals surface area contributed by atoms with Gasteiger partial charge in [-0.1, -0.05) is 285 Å². The van der Waals surface area contributed by atoms with Crippen LogP contribution in [0.3, 0.4) is 0 Å². The molecule has 0 radical (unpaired) electrons. The van der Waals surface area contributed by atoms with E-state index in [1.807, 2.05) is 54.7 Å². The lowest BCUT2D eigenvalue weighted by molar-refractivity contribution is -0.161. The van der Waals surface area contributed by atoms with E-state index < -0.39 is 97.5 Å². The zero-order valence-corrected chi connectivity index (χ0v) is 69.4. The van der Waals surface area contributed by atoms with Crippen LogP contribution in [-0.4, -0.2) is 96.7 Å². The second kappa shape index (κ2) is 80.4. The van der Waals surface area contributed by atoms with Gasteiger partial charge in [-0.05, 0) is 180 Å². The van der Waals surface area contributed by atoms with Crippen molar-refractivity contribution in [1.29, 1.82) is 0 Å². The number of phosphoric acid groups is 2. The number of allylic oxidation sites excluding steroid dienone is 36. The first-order valence-corrected chi connectivity index (χ1v) is 44.0. The van der Waals surface area contributed by atoms with E-state index >= 15 is 0 Å². The molecule has 0 fully saturated rings. The van der Waals surface area contributed by atoms with Crippen LogP contribution < -0.4 is 0 Å². The van der Waals surface area contributed by atoms with E-state index in [9.17, 15) is 43.2 Å². The van der Waals surface area contributed by atoms with Crippen molar-refractivity contribution in [2.75, 3.05) is 39.6 Å². The Balaban J connectivity index is 5.62. The fraction of sp³-hybridized carbons (Fsp3) is 0.560. The summed E-state index contributed by atoms with van der Waals surface area (Å²) in [7, 11) is -10.1. The second-order valence-electron chi connectivity index (χ2n) is 26.3. The first-order valence-electron chi connectivity index (χ1n) is 41.0. The normalized spacial score (nSPS) is 14.9. The molecule has 0 aliphatic carbocycles. The lowest BCUT2D eigenvalue weighted by Gasteiger charge is -2.21. The molecule has 0 aromatic rings. The SMILES string of the molecule is CC/C=C\C/C=C\C/C=C\C/C=C\C/C=C\C/C=C\CCC(=O)OC[C@H](COP(=O)(O)OC[C@@H](O)COP(=O)(O)OC[C@@H](COC(=O)CCC/C=C\C/C=C\C/C=C\C/C=C\CCCCC)OC(=O)CCC/C=C\C/C=C\C/C=C\C/C=C\CCCCC)OC(=O)CCC/C=C\C/C=C\C/C=C\C/C=C\CCCCC. The summed E-state index contributed by atoms with van der Waals surface area (Å²) in [5, 5.41) is 10.7. The number of hydrogen-bond donors (Lipinski definition) is 3. The van der Waals surface area contributed by atoms with Crippen molar-refractivity contribution in [1.82, 2.24) is 0 Å². The number of phosphoric ester groups is 2. The van der Waals surface area contributed by atoms with Gasteiger partial charge in [-0.2, -0.15) is 0 Å². The summed E-state index contributed by atoms with van der Waals surface area (Å²) in [5.74, 6) is -2.50. The summed E-state index contributed by atoms with van der Waals surface area (Å²) in [6.07, 6.45) is 102. The van der Waals surface area contributed by atoms with Crippen LogP contribution in [0.2, 0.25) is 0 Å². The lowest BCUT2D eigenvalue weighted by atomic mass is 10.2. The van der Waals surface area contributed by atoms with Crippen LogP contribution in [0, 0.1) is 0 Å². The van der Waals surface area contributed by atoms with Crippen molar-refractivity contribution in [3.8, 4) is 0 Å². The van der Waals surface area contributed by atoms with Gasteiger partial charge in [0, 0.05) is 25.7 Å². The Morgan fingerprint density at radius 2 is 0.482 bits per heavy atom. The molecule has 0 aromatic carbocycles. The fourth-order valence-electron chi connectivity index (χ4n) is 9.69. The van der Waals surface area contributed by atoms with Crippen molar-refractivity contribution in [2.24, 2.45) is 0 Å². The Bertz CT molecular complexity index is 2950. The Hall–Kier alpha value is -6.62. The molecule has 0 saturated carbocycles. The van der Waals surface area contributed by atoms with E-state index in [-0.39, 0.29) is 25.7 Å². The maximum absolute atomic E-state index is 13.1. The van der Waals surface area contributed by atoms with E-state index in [1.165, 1.54) is 57.8 Å². The first kappa shape index (κ1) is 103. The third kappa shape index (κ3) is 79.5. The van der Waals surface area contributed by atoms with Gasteiger partial charge in [-0.3, -0.25) is 37.3 Å². The molecule has 19 heteroatoms. The van der Waals surface area contributed by atoms with Gasteiger partial charge in [-0.25, -0.2) is 9.13 Å². The van der Waals surface area contributed by atoms with Gasteiger partial charge < -0.3 is 33.8 Å². The number of aliphatic hydroxyl groups excluding tert-OH is 1. The molecule has 618 valence electrons. The molecule has 0 aromatic heterocycles. The van der Waals surface area contributed by atoms with Gasteiger partial charge in [-0.15, -0.1) is 0 Å². The zero-order chi connectivity index (χ0) is 80.3. The minimum Gasteiger partial charge on any atom is -0.462 e. The predicted octanol–water partition coefficient (Wildman–Crippen LogP) is 24.4. The summed E-state index contributed by atoms with van der Waals surface area (Å²) in [5.41, 5.74) is 0. The molecular formula is C91H142O17P2. The van der Waals surface area contributed by atoms with Gasteiger partial charge >= 0.3 is 39.5 Å². The number of esters is 4. The molecule has 17 nitrogen and oxygen atoms in total. The van der Waals surface area contributed by atoms with E-state index in [0.717, 1.165) is 109 Å². The van der Waals surface area contributed by atoms with Gasteiger partial charge in [0.2, 0.25) is 0 Å². The number of unbranched alkanes of at least 4 members (excludes halogenated alkanes) is 12. The van der Waals surface area contributed by atoms with Gasteiger partial charge in [0.1, 0.15) is 19.3 Å². The third-order valence-corrected chi connectivity index (χ3v) is 17.8. The van der Waals surface area contributed by atoms with Crippen LogP contribution in [0.4, 0.5) is 0 Å². The summed E-state index contributed by atoms with van der Waals surface area (Å²) in [4.78, 5) is 73.1. The smallest absolute Gasteiger partial charge is 0.462 e. The fourth-order valence-corrected chi connectivity index (χ4v) is 11.3. The molecule has 0 amide bonds. The largest absolute Gasteiger partial charge is 0.472 e. The molecule has 5 atom stereocenters. The highest BCUT2D eigenvalue weighted by atomic mass is 31.2. The maximum atomic E-state index is 13.1. The highest BCUT2D eigenvalue weighted by Gasteiger charge is 2.30. The van der Waals surface area contributed by atoms with Gasteiger partial charge in [0.05, 0.1) is 26.4 Å². The summed E-state index contributed by atoms with van der Waals surface area (Å²) in [6.45, 7) is 4.36. The molecule has 0 saturated heterocycles. The number of rotatable bonds is 74. The Morgan fingerprint density at radius 1 is 0.264 bits per heavy atom. The van der Waals surface area contributed by atoms with E-state index in [4.69, 9.17) is 37.0 Å². The minimum absolute atomic E-state index is 0.00511. The summed E-state index contributed by atoms with van der Waals surface area (Å²) < 4.78 is 68.4. The van der Waals surface area contributed by atoms with Crippen LogP contribution in [0.25, 0.3) is 0 Å². The van der Waals surface area contributed by atoms with Crippen LogP contribution in [0.15, 0.2) is 219 Å². The van der Waals surface area contributed by atoms with Crippen LogP contribution >= 0.6 is 15.6 Å². The van der Waals surface area contributed by atoms with Crippen LogP contribution in [0.5, 0.6) is 0 Å². The monoisotopic (exact) mass is 1570 g/mol. The van der Waals surface area contributed by atoms with Gasteiger partial charge in [0.15, 0.2) is 12.2 Å². The maximum Gasteiger partial charge on any atom is 0.472 e. The number of carbonyl (C=O) groups excluding carboxylic acids is 4. The first-order chi connectivity index (χ1) is 53.7. The molecule has 2 unspecified atom stereocenters. The summed E-state index contributed by atoms with van der Waals surface area (Å²) in [6, 6.07) is 0. The average molecular weight is 1570 g/mol. The van der Waals surface area contributed by atoms with Crippen molar-refractivity contribution in [3.05, 3.63) is 219 Å². The van der Waals surface area contributed by atoms with Gasteiger partial charge in [0.25, 0.3) is 0 Å². The van der Waals surface area contributed by atoms with Crippen molar-refractivity contribution in [3.63, 3.8) is 0 Å². The quantitative estimate of drug-likeness (QED) is 0.0169. The number of ether oxygens (including phenoxy) is 4. The van der Waals surface area contributed by atoms with E-state index in [0.29, 0.717) is 51.4 Å². The molecule has 0 rings (SSSR count). The van der Waals surface area contributed by atoms with Crippen molar-refractivity contribution < 1.29 is 80.2 Å². The molecule has 0 aliphatic heterocycles. The highest BCUT2D eigenvalue weighted by molar-refractivity contribution is 7.47. The minimum atomic E-state index is -5.03. The molecule has 0 bridgehead atoms. The topological polar surface area (TPSA) is 237 Å². The molecule has 0 heterocycles.